The van der Waals surface area contributed by atoms with Crippen LogP contribution < -0.4 is 5.32 Å². The van der Waals surface area contributed by atoms with Crippen molar-refractivity contribution in [1.29, 1.82) is 0 Å². The summed E-state index contributed by atoms with van der Waals surface area (Å²) in [5, 5.41) is 20.9. The highest BCUT2D eigenvalue weighted by Gasteiger charge is 2.53. The average Bonchev–Trinajstić information content (AvgIpc) is 3.09. The number of carbonyl (C=O) groups is 2. The Labute approximate surface area is 209 Å². The SMILES string of the molecule is O=C(O)/C=C/[C@@]1(O)CC2CC[C@@H](C1)C2S(=O)(=O)c1cc(C(=O)Nc2cc(F)c(F)c(F)c2)ccc1Cl. The topological polar surface area (TPSA) is 121 Å². The zero-order valence-corrected chi connectivity index (χ0v) is 20.1. The molecule has 2 fully saturated rings. The summed E-state index contributed by atoms with van der Waals surface area (Å²) in [7, 11) is -4.09. The van der Waals surface area contributed by atoms with E-state index < -0.39 is 61.9 Å². The molecule has 4 atom stereocenters. The van der Waals surface area contributed by atoms with Crippen molar-refractivity contribution in [3.63, 3.8) is 0 Å². The molecule has 2 aliphatic carbocycles. The molecule has 36 heavy (non-hydrogen) atoms. The lowest BCUT2D eigenvalue weighted by atomic mass is 9.77. The Balaban J connectivity index is 1.61. The minimum absolute atomic E-state index is 0.0522. The van der Waals surface area contributed by atoms with Crippen LogP contribution in [0.15, 0.2) is 47.4 Å². The van der Waals surface area contributed by atoms with Crippen LogP contribution >= 0.6 is 11.6 Å². The van der Waals surface area contributed by atoms with Crippen molar-refractivity contribution in [2.24, 2.45) is 11.8 Å². The summed E-state index contributed by atoms with van der Waals surface area (Å²) in [5.41, 5.74) is -1.97. The molecular weight excluding hydrogens is 523 g/mol. The Morgan fingerprint density at radius 3 is 2.19 bits per heavy atom. The summed E-state index contributed by atoms with van der Waals surface area (Å²) in [4.78, 5) is 23.2. The van der Waals surface area contributed by atoms with Gasteiger partial charge in [-0.25, -0.2) is 26.4 Å². The Hall–Kier alpha value is -2.89. The number of hydrogen-bond donors (Lipinski definition) is 3. The smallest absolute Gasteiger partial charge is 0.328 e. The maximum absolute atomic E-state index is 13.7. The van der Waals surface area contributed by atoms with Gasteiger partial charge in [0.25, 0.3) is 5.91 Å². The molecular formula is C24H21ClF3NO6S. The van der Waals surface area contributed by atoms with Crippen molar-refractivity contribution in [2.75, 3.05) is 5.32 Å². The van der Waals surface area contributed by atoms with Crippen LogP contribution in [0.3, 0.4) is 0 Å². The second kappa shape index (κ2) is 9.53. The molecule has 12 heteroatoms. The number of halogens is 4. The van der Waals surface area contributed by atoms with Crippen molar-refractivity contribution in [3.8, 4) is 0 Å². The average molecular weight is 544 g/mol. The van der Waals surface area contributed by atoms with Gasteiger partial charge < -0.3 is 15.5 Å². The van der Waals surface area contributed by atoms with Gasteiger partial charge in [-0.05, 0) is 61.8 Å². The van der Waals surface area contributed by atoms with Gasteiger partial charge in [0.15, 0.2) is 27.3 Å². The van der Waals surface area contributed by atoms with E-state index in [1.165, 1.54) is 18.2 Å². The Morgan fingerprint density at radius 1 is 1.06 bits per heavy atom. The van der Waals surface area contributed by atoms with Crippen LogP contribution in [0.5, 0.6) is 0 Å². The van der Waals surface area contributed by atoms with E-state index in [4.69, 9.17) is 16.7 Å². The van der Waals surface area contributed by atoms with E-state index in [1.54, 1.807) is 0 Å². The van der Waals surface area contributed by atoms with Gasteiger partial charge in [-0.2, -0.15) is 0 Å². The minimum Gasteiger partial charge on any atom is -0.478 e. The van der Waals surface area contributed by atoms with Gasteiger partial charge in [0.05, 0.1) is 20.8 Å². The fourth-order valence-electron chi connectivity index (χ4n) is 5.28. The summed E-state index contributed by atoms with van der Waals surface area (Å²) >= 11 is 6.20. The molecule has 2 bridgehead atoms. The number of carbonyl (C=O) groups excluding carboxylic acids is 1. The molecule has 0 saturated heterocycles. The van der Waals surface area contributed by atoms with E-state index in [0.717, 1.165) is 12.1 Å². The fourth-order valence-corrected chi connectivity index (χ4v) is 8.12. The number of aliphatic hydroxyl groups is 1. The number of aliphatic carboxylic acids is 1. The Kier molecular flexibility index (Phi) is 6.93. The Morgan fingerprint density at radius 2 is 1.64 bits per heavy atom. The van der Waals surface area contributed by atoms with Crippen LogP contribution in [0.2, 0.25) is 5.02 Å². The van der Waals surface area contributed by atoms with Crippen molar-refractivity contribution in [3.05, 3.63) is 70.5 Å². The second-order valence-corrected chi connectivity index (χ2v) is 11.6. The van der Waals surface area contributed by atoms with Gasteiger partial charge in [0.1, 0.15) is 0 Å². The molecule has 2 aromatic rings. The molecule has 1 amide bonds. The number of carboxylic acids is 1. The number of rotatable bonds is 6. The van der Waals surface area contributed by atoms with E-state index in [0.29, 0.717) is 25.0 Å². The maximum atomic E-state index is 13.7. The van der Waals surface area contributed by atoms with Crippen LogP contribution in [0.4, 0.5) is 18.9 Å². The van der Waals surface area contributed by atoms with Crippen LogP contribution in [0, 0.1) is 29.3 Å². The van der Waals surface area contributed by atoms with Crippen LogP contribution in [0.25, 0.3) is 0 Å². The third kappa shape index (κ3) is 5.00. The lowest BCUT2D eigenvalue weighted by Gasteiger charge is -2.39. The van der Waals surface area contributed by atoms with E-state index >= 15 is 0 Å². The maximum Gasteiger partial charge on any atom is 0.328 e. The normalized spacial score (nSPS) is 25.8. The molecule has 192 valence electrons. The lowest BCUT2D eigenvalue weighted by Crippen LogP contribution is -2.45. The van der Waals surface area contributed by atoms with E-state index in [-0.39, 0.29) is 34.0 Å². The van der Waals surface area contributed by atoms with E-state index in [1.807, 2.05) is 0 Å². The fraction of sp³-hybridized carbons (Fsp3) is 0.333. The molecule has 3 N–H and O–H groups in total. The molecule has 0 radical (unpaired) electrons. The molecule has 2 aliphatic rings. The van der Waals surface area contributed by atoms with Gasteiger partial charge in [0.2, 0.25) is 0 Å². The van der Waals surface area contributed by atoms with Crippen molar-refractivity contribution in [1.82, 2.24) is 0 Å². The summed E-state index contributed by atoms with van der Waals surface area (Å²) in [6, 6.07) is 4.69. The molecule has 0 aromatic heterocycles. The molecule has 4 rings (SSSR count). The van der Waals surface area contributed by atoms with E-state index in [2.05, 4.69) is 5.32 Å². The number of hydrogen-bond acceptors (Lipinski definition) is 5. The van der Waals surface area contributed by atoms with Crippen molar-refractivity contribution in [2.45, 2.75) is 41.4 Å². The molecule has 0 aliphatic heterocycles. The molecule has 0 heterocycles. The van der Waals surface area contributed by atoms with E-state index in [9.17, 15) is 36.3 Å². The number of sulfone groups is 1. The first-order valence-corrected chi connectivity index (χ1v) is 12.9. The highest BCUT2D eigenvalue weighted by molar-refractivity contribution is 7.92. The van der Waals surface area contributed by atoms with Gasteiger partial charge in [0, 0.05) is 29.5 Å². The molecule has 2 aromatic carbocycles. The second-order valence-electron chi connectivity index (χ2n) is 9.14. The van der Waals surface area contributed by atoms with Crippen molar-refractivity contribution >= 4 is 39.0 Å². The van der Waals surface area contributed by atoms with Crippen LogP contribution in [-0.2, 0) is 14.6 Å². The first-order valence-electron chi connectivity index (χ1n) is 10.9. The predicted octanol–water partition coefficient (Wildman–Crippen LogP) is 4.34. The highest BCUT2D eigenvalue weighted by atomic mass is 35.5. The van der Waals surface area contributed by atoms with Crippen molar-refractivity contribution < 1.29 is 41.4 Å². The van der Waals surface area contributed by atoms with Gasteiger partial charge in [-0.1, -0.05) is 11.6 Å². The highest BCUT2D eigenvalue weighted by Crippen LogP contribution is 2.51. The number of amides is 1. The number of anilines is 1. The first kappa shape index (κ1) is 26.2. The van der Waals surface area contributed by atoms with Crippen LogP contribution in [-0.4, -0.2) is 41.4 Å². The van der Waals surface area contributed by atoms with Gasteiger partial charge in [-0.15, -0.1) is 0 Å². The first-order chi connectivity index (χ1) is 16.8. The third-order valence-electron chi connectivity index (χ3n) is 6.70. The Bertz CT molecular complexity index is 1340. The summed E-state index contributed by atoms with van der Waals surface area (Å²) in [6.07, 6.45) is 3.15. The van der Waals surface area contributed by atoms with Gasteiger partial charge >= 0.3 is 5.97 Å². The third-order valence-corrected chi connectivity index (χ3v) is 9.58. The van der Waals surface area contributed by atoms with Gasteiger partial charge in [-0.3, -0.25) is 4.79 Å². The zero-order chi connectivity index (χ0) is 26.4. The number of nitrogens with one attached hydrogen (secondary N) is 1. The quantitative estimate of drug-likeness (QED) is 0.368. The largest absolute Gasteiger partial charge is 0.478 e. The molecule has 0 spiro atoms. The standard InChI is InChI=1S/C24H21ClF3NO6S/c25-16-4-3-12(23(32)29-15-8-17(26)21(28)18(27)9-15)7-19(16)36(34,35)22-13-1-2-14(22)11-24(33,10-13)6-5-20(30)31/h3-9,13-14,22,33H,1-2,10-11H2,(H,29,32)(H,30,31)/b6-5+/t13-,14?,22?,24-/m0/s1. The zero-order valence-electron chi connectivity index (χ0n) is 18.5. The molecule has 2 saturated carbocycles. The summed E-state index contributed by atoms with van der Waals surface area (Å²) < 4.78 is 67.5. The predicted molar refractivity (Wildman–Crippen MR) is 124 cm³/mol. The number of fused-ring (bicyclic) bond motifs is 2. The number of benzene rings is 2. The molecule has 7 nitrogen and oxygen atoms in total. The molecule has 2 unspecified atom stereocenters. The minimum atomic E-state index is -4.09. The summed E-state index contributed by atoms with van der Waals surface area (Å²) in [6.45, 7) is 0. The lowest BCUT2D eigenvalue weighted by molar-refractivity contribution is -0.131. The number of carboxylic acid groups (broad SMARTS) is 1. The monoisotopic (exact) mass is 543 g/mol. The van der Waals surface area contributed by atoms with Crippen LogP contribution in [0.1, 0.15) is 36.0 Å². The summed E-state index contributed by atoms with van der Waals surface area (Å²) in [5.74, 6) is -7.75.